The molecule has 0 spiro atoms. The smallest absolute Gasteiger partial charge is 0.0685 e. The van der Waals surface area contributed by atoms with Crippen LogP contribution in [-0.4, -0.2) is 23.3 Å². The van der Waals surface area contributed by atoms with Gasteiger partial charge in [0.15, 0.2) is 0 Å². The van der Waals surface area contributed by atoms with Gasteiger partial charge in [-0.15, -0.1) is 0 Å². The highest BCUT2D eigenvalue weighted by Gasteiger charge is 2.17. The predicted molar refractivity (Wildman–Crippen MR) is 60.9 cm³/mol. The lowest BCUT2D eigenvalue weighted by Gasteiger charge is -2.23. The van der Waals surface area contributed by atoms with Crippen LogP contribution < -0.4 is 5.32 Å². The van der Waals surface area contributed by atoms with Crippen molar-refractivity contribution in [2.75, 3.05) is 13.1 Å². The quantitative estimate of drug-likeness (QED) is 0.741. The molecule has 0 saturated carbocycles. The van der Waals surface area contributed by atoms with Crippen LogP contribution in [-0.2, 0) is 0 Å². The van der Waals surface area contributed by atoms with E-state index in [1.807, 2.05) is 6.20 Å². The van der Waals surface area contributed by atoms with E-state index in [-0.39, 0.29) is 0 Å². The molecule has 0 radical (unpaired) electrons. The summed E-state index contributed by atoms with van der Waals surface area (Å²) in [6.07, 6.45) is 4.37. The maximum Gasteiger partial charge on any atom is 0.0685 e. The molecule has 3 heteroatoms. The second-order valence-electron chi connectivity index (χ2n) is 4.21. The van der Waals surface area contributed by atoms with E-state index in [4.69, 9.17) is 0 Å². The Morgan fingerprint density at radius 1 is 1.20 bits per heavy atom. The first-order valence-corrected chi connectivity index (χ1v) is 5.58. The van der Waals surface area contributed by atoms with Crippen LogP contribution in [0.2, 0.25) is 0 Å². The third-order valence-electron chi connectivity index (χ3n) is 3.29. The predicted octanol–water partition coefficient (Wildman–Crippen LogP) is 2.03. The number of hydrogen-bond donors (Lipinski definition) is 2. The van der Waals surface area contributed by atoms with Gasteiger partial charge in [-0.3, -0.25) is 5.10 Å². The first kappa shape index (κ1) is 8.92. The van der Waals surface area contributed by atoms with Crippen molar-refractivity contribution >= 4 is 10.9 Å². The summed E-state index contributed by atoms with van der Waals surface area (Å²) < 4.78 is 0. The van der Waals surface area contributed by atoms with E-state index in [1.54, 1.807) is 0 Å². The number of aromatic nitrogens is 2. The molecule has 1 aliphatic heterocycles. The summed E-state index contributed by atoms with van der Waals surface area (Å²) in [6.45, 7) is 2.27. The van der Waals surface area contributed by atoms with Crippen molar-refractivity contribution in [3.8, 4) is 0 Å². The zero-order valence-electron chi connectivity index (χ0n) is 8.66. The molecule has 15 heavy (non-hydrogen) atoms. The average Bonchev–Trinajstić information content (AvgIpc) is 2.78. The number of piperidine rings is 1. The standard InChI is InChI=1S/C12H15N3/c1-2-10-8-14-15-12(10)11(3-1)9-4-6-13-7-5-9/h1-3,8-9,13H,4-7H2,(H,14,15). The van der Waals surface area contributed by atoms with Gasteiger partial charge in [0, 0.05) is 5.39 Å². The summed E-state index contributed by atoms with van der Waals surface area (Å²) in [5.74, 6) is 0.690. The van der Waals surface area contributed by atoms with Crippen molar-refractivity contribution in [3.05, 3.63) is 30.0 Å². The summed E-state index contributed by atoms with van der Waals surface area (Å²) in [4.78, 5) is 0. The monoisotopic (exact) mass is 201 g/mol. The third kappa shape index (κ3) is 1.53. The van der Waals surface area contributed by atoms with Crippen LogP contribution in [0.15, 0.2) is 24.4 Å². The molecule has 3 nitrogen and oxygen atoms in total. The Morgan fingerprint density at radius 2 is 2.07 bits per heavy atom. The number of hydrogen-bond acceptors (Lipinski definition) is 2. The molecule has 3 rings (SSSR count). The lowest BCUT2D eigenvalue weighted by Crippen LogP contribution is -2.26. The van der Waals surface area contributed by atoms with Gasteiger partial charge in [0.2, 0.25) is 0 Å². The topological polar surface area (TPSA) is 40.7 Å². The van der Waals surface area contributed by atoms with Crippen LogP contribution in [0, 0.1) is 0 Å². The molecule has 0 unspecified atom stereocenters. The molecule has 2 aromatic rings. The molecular weight excluding hydrogens is 186 g/mol. The minimum absolute atomic E-state index is 0.690. The molecule has 2 heterocycles. The molecule has 1 saturated heterocycles. The molecular formula is C12H15N3. The Labute approximate surface area is 88.9 Å². The van der Waals surface area contributed by atoms with E-state index in [2.05, 4.69) is 33.7 Å². The highest BCUT2D eigenvalue weighted by Crippen LogP contribution is 2.29. The normalized spacial score (nSPS) is 18.4. The van der Waals surface area contributed by atoms with Crippen LogP contribution in [0.5, 0.6) is 0 Å². The molecule has 1 aliphatic rings. The summed E-state index contributed by atoms with van der Waals surface area (Å²) in [5.41, 5.74) is 2.66. The zero-order chi connectivity index (χ0) is 10.1. The first-order valence-electron chi connectivity index (χ1n) is 5.58. The second-order valence-corrected chi connectivity index (χ2v) is 4.21. The molecule has 0 aliphatic carbocycles. The largest absolute Gasteiger partial charge is 0.317 e. The Hall–Kier alpha value is -1.35. The van der Waals surface area contributed by atoms with E-state index >= 15 is 0 Å². The van der Waals surface area contributed by atoms with Gasteiger partial charge in [0.05, 0.1) is 11.7 Å². The van der Waals surface area contributed by atoms with Gasteiger partial charge < -0.3 is 5.32 Å². The van der Waals surface area contributed by atoms with Crippen LogP contribution in [0.1, 0.15) is 24.3 Å². The first-order chi connectivity index (χ1) is 7.45. The van der Waals surface area contributed by atoms with Crippen LogP contribution in [0.25, 0.3) is 10.9 Å². The molecule has 2 N–H and O–H groups in total. The van der Waals surface area contributed by atoms with Gasteiger partial charge in [0.1, 0.15) is 0 Å². The van der Waals surface area contributed by atoms with Crippen LogP contribution in [0.4, 0.5) is 0 Å². The van der Waals surface area contributed by atoms with E-state index < -0.39 is 0 Å². The number of nitrogens with zero attached hydrogens (tertiary/aromatic N) is 1. The highest BCUT2D eigenvalue weighted by atomic mass is 15.1. The molecule has 1 aromatic carbocycles. The fourth-order valence-electron chi connectivity index (χ4n) is 2.46. The Bertz CT molecular complexity index is 455. The summed E-state index contributed by atoms with van der Waals surface area (Å²) in [6, 6.07) is 6.48. The lowest BCUT2D eigenvalue weighted by molar-refractivity contribution is 0.462. The fraction of sp³-hybridized carbons (Fsp3) is 0.417. The van der Waals surface area contributed by atoms with Crippen LogP contribution in [0.3, 0.4) is 0 Å². The number of rotatable bonds is 1. The fourth-order valence-corrected chi connectivity index (χ4v) is 2.46. The number of benzene rings is 1. The summed E-state index contributed by atoms with van der Waals surface area (Å²) in [7, 11) is 0. The molecule has 1 aromatic heterocycles. The maximum absolute atomic E-state index is 4.12. The summed E-state index contributed by atoms with van der Waals surface area (Å²) >= 11 is 0. The SMILES string of the molecule is c1cc(C2CCNCC2)c2[nH]ncc2c1. The van der Waals surface area contributed by atoms with Gasteiger partial charge in [-0.2, -0.15) is 5.10 Å². The lowest BCUT2D eigenvalue weighted by atomic mass is 9.89. The number of fused-ring (bicyclic) bond motifs is 1. The van der Waals surface area contributed by atoms with Gasteiger partial charge in [0.25, 0.3) is 0 Å². The van der Waals surface area contributed by atoms with Gasteiger partial charge in [-0.25, -0.2) is 0 Å². The van der Waals surface area contributed by atoms with Crippen molar-refractivity contribution in [1.82, 2.24) is 15.5 Å². The van der Waals surface area contributed by atoms with Crippen molar-refractivity contribution in [1.29, 1.82) is 0 Å². The number of H-pyrrole nitrogens is 1. The molecule has 0 bridgehead atoms. The van der Waals surface area contributed by atoms with E-state index in [9.17, 15) is 0 Å². The number of aromatic amines is 1. The van der Waals surface area contributed by atoms with Gasteiger partial charge in [-0.1, -0.05) is 18.2 Å². The van der Waals surface area contributed by atoms with Gasteiger partial charge in [-0.05, 0) is 37.4 Å². The Balaban J connectivity index is 2.05. The van der Waals surface area contributed by atoms with E-state index in [1.165, 1.54) is 29.3 Å². The minimum atomic E-state index is 0.690. The molecule has 1 fully saturated rings. The third-order valence-corrected chi connectivity index (χ3v) is 3.29. The maximum atomic E-state index is 4.12. The van der Waals surface area contributed by atoms with Crippen molar-refractivity contribution in [2.45, 2.75) is 18.8 Å². The van der Waals surface area contributed by atoms with Crippen molar-refractivity contribution in [3.63, 3.8) is 0 Å². The molecule has 0 amide bonds. The molecule has 78 valence electrons. The number of nitrogens with one attached hydrogen (secondary N) is 2. The second kappa shape index (κ2) is 3.66. The summed E-state index contributed by atoms with van der Waals surface area (Å²) in [5, 5.41) is 11.9. The van der Waals surface area contributed by atoms with Crippen molar-refractivity contribution in [2.24, 2.45) is 0 Å². The Kier molecular flexibility index (Phi) is 2.18. The molecule has 0 atom stereocenters. The van der Waals surface area contributed by atoms with E-state index in [0.717, 1.165) is 13.1 Å². The van der Waals surface area contributed by atoms with Crippen molar-refractivity contribution < 1.29 is 0 Å². The van der Waals surface area contributed by atoms with E-state index in [0.29, 0.717) is 5.92 Å². The Morgan fingerprint density at radius 3 is 2.93 bits per heavy atom. The minimum Gasteiger partial charge on any atom is -0.317 e. The highest BCUT2D eigenvalue weighted by molar-refractivity contribution is 5.81. The number of para-hydroxylation sites is 1. The zero-order valence-corrected chi connectivity index (χ0v) is 8.66. The van der Waals surface area contributed by atoms with Crippen LogP contribution >= 0.6 is 0 Å². The average molecular weight is 201 g/mol. The van der Waals surface area contributed by atoms with Gasteiger partial charge >= 0.3 is 0 Å².